The predicted octanol–water partition coefficient (Wildman–Crippen LogP) is 16.2. The number of furan rings is 1. The van der Waals surface area contributed by atoms with E-state index in [2.05, 4.69) is 232 Å². The van der Waals surface area contributed by atoms with Crippen LogP contribution in [0.25, 0.3) is 127 Å². The minimum Gasteiger partial charge on any atom is -0.455 e. The fourth-order valence-electron chi connectivity index (χ4n) is 10.7. The Hall–Kier alpha value is -8.60. The van der Waals surface area contributed by atoms with Crippen LogP contribution in [0.5, 0.6) is 0 Å². The van der Waals surface area contributed by atoms with Gasteiger partial charge in [-0.25, -0.2) is 0 Å². The fraction of sp³-hybridized carbons (Fsp3) is 0. The lowest BCUT2D eigenvalue weighted by molar-refractivity contribution is 0.670. The number of benzene rings is 10. The minimum atomic E-state index is 0.903. The molecule has 0 N–H and O–H groups in total. The van der Waals surface area contributed by atoms with Crippen LogP contribution in [-0.2, 0) is 0 Å². The van der Waals surface area contributed by atoms with E-state index >= 15 is 0 Å². The third kappa shape index (κ3) is 4.93. The number of aromatic nitrogens is 3. The van der Waals surface area contributed by atoms with Crippen molar-refractivity contribution in [1.29, 1.82) is 0 Å². The lowest BCUT2D eigenvalue weighted by Crippen LogP contribution is -2.10. The van der Waals surface area contributed by atoms with Crippen LogP contribution in [0.1, 0.15) is 0 Å². The van der Waals surface area contributed by atoms with Gasteiger partial charge in [-0.3, -0.25) is 0 Å². The van der Waals surface area contributed by atoms with Crippen LogP contribution in [0.3, 0.4) is 0 Å². The van der Waals surface area contributed by atoms with Gasteiger partial charge in [0.25, 0.3) is 0 Å². The zero-order valence-electron chi connectivity index (χ0n) is 34.6. The van der Waals surface area contributed by atoms with E-state index < -0.39 is 0 Å². The molecule has 0 spiro atoms. The van der Waals surface area contributed by atoms with Gasteiger partial charge in [-0.05, 0) is 71.3 Å². The van der Waals surface area contributed by atoms with Gasteiger partial charge in [0.05, 0.1) is 50.2 Å². The molecule has 4 aromatic heterocycles. The highest BCUT2D eigenvalue weighted by Gasteiger charge is 2.26. The van der Waals surface area contributed by atoms with E-state index in [4.69, 9.17) is 4.42 Å². The maximum absolute atomic E-state index is 6.51. The van der Waals surface area contributed by atoms with E-state index in [-0.39, 0.29) is 0 Å². The lowest BCUT2D eigenvalue weighted by atomic mass is 9.97. The Morgan fingerprint density at radius 1 is 0.266 bits per heavy atom. The standard InChI is InChI=1S/C60H37N3O/c1-8-25-50-42(16-1)43-17-2-9-26-51(43)61(50)56-36-40(38-32-34-39(35-33-38)41-23-15-24-49-48-22-7-14-31-58(48)64-60(41)49)37-57(62-52-27-10-3-18-44(52)45-19-4-11-28-53(45)62)59(56)63-54-29-12-5-20-46(54)47-21-6-13-30-55(47)63/h1-37H. The summed E-state index contributed by atoms with van der Waals surface area (Å²) in [5, 5.41) is 9.59. The summed E-state index contributed by atoms with van der Waals surface area (Å²) in [4.78, 5) is 0. The molecule has 0 unspecified atom stereocenters. The maximum atomic E-state index is 6.51. The summed E-state index contributed by atoms with van der Waals surface area (Å²) in [6.07, 6.45) is 0. The van der Waals surface area contributed by atoms with Crippen molar-refractivity contribution >= 4 is 87.4 Å². The highest BCUT2D eigenvalue weighted by atomic mass is 16.3. The number of nitrogens with zero attached hydrogens (tertiary/aromatic N) is 3. The van der Waals surface area contributed by atoms with Crippen molar-refractivity contribution in [2.75, 3.05) is 0 Å². The average Bonchev–Trinajstić information content (AvgIpc) is 4.10. The quantitative estimate of drug-likeness (QED) is 0.170. The van der Waals surface area contributed by atoms with Crippen LogP contribution in [0.4, 0.5) is 0 Å². The van der Waals surface area contributed by atoms with E-state index in [0.29, 0.717) is 0 Å². The second-order valence-electron chi connectivity index (χ2n) is 16.8. The SMILES string of the molecule is c1ccc2c(c1)oc1c(-c3ccc(-c4cc(-n5c6ccccc6c6ccccc65)c(-n5c6ccccc6c6ccccc65)c(-n5c6ccccc6c6ccccc65)c4)cc3)cccc12. The van der Waals surface area contributed by atoms with Gasteiger partial charge >= 0.3 is 0 Å². The van der Waals surface area contributed by atoms with E-state index in [9.17, 15) is 0 Å². The Balaban J connectivity index is 1.13. The molecule has 0 fully saturated rings. The molecule has 298 valence electrons. The van der Waals surface area contributed by atoms with Crippen molar-refractivity contribution < 1.29 is 4.42 Å². The fourth-order valence-corrected chi connectivity index (χ4v) is 10.7. The summed E-state index contributed by atoms with van der Waals surface area (Å²) in [5.74, 6) is 0. The molecule has 4 nitrogen and oxygen atoms in total. The molecule has 10 aromatic carbocycles. The molecular weight excluding hydrogens is 779 g/mol. The van der Waals surface area contributed by atoms with Crippen molar-refractivity contribution in [2.24, 2.45) is 0 Å². The number of fused-ring (bicyclic) bond motifs is 12. The van der Waals surface area contributed by atoms with E-state index in [1.165, 1.54) is 32.3 Å². The highest BCUT2D eigenvalue weighted by molar-refractivity contribution is 6.14. The van der Waals surface area contributed by atoms with E-state index in [1.54, 1.807) is 0 Å². The molecule has 0 aliphatic rings. The van der Waals surface area contributed by atoms with Crippen LogP contribution in [0, 0.1) is 0 Å². The van der Waals surface area contributed by atoms with Crippen LogP contribution in [-0.4, -0.2) is 13.7 Å². The monoisotopic (exact) mass is 815 g/mol. The molecule has 0 atom stereocenters. The predicted molar refractivity (Wildman–Crippen MR) is 268 cm³/mol. The minimum absolute atomic E-state index is 0.903. The van der Waals surface area contributed by atoms with E-state index in [1.807, 2.05) is 6.07 Å². The summed E-state index contributed by atoms with van der Waals surface area (Å²) >= 11 is 0. The molecule has 4 heterocycles. The highest BCUT2D eigenvalue weighted by Crippen LogP contribution is 2.45. The van der Waals surface area contributed by atoms with Gasteiger partial charge in [-0.15, -0.1) is 0 Å². The van der Waals surface area contributed by atoms with Crippen molar-refractivity contribution in [3.63, 3.8) is 0 Å². The first-order valence-corrected chi connectivity index (χ1v) is 21.9. The maximum Gasteiger partial charge on any atom is 0.143 e. The van der Waals surface area contributed by atoms with Gasteiger partial charge in [-0.1, -0.05) is 170 Å². The summed E-state index contributed by atoms with van der Waals surface area (Å²) in [6, 6.07) is 81.7. The Morgan fingerprint density at radius 2 is 0.625 bits per heavy atom. The summed E-state index contributed by atoms with van der Waals surface area (Å²) in [5.41, 5.74) is 16.5. The van der Waals surface area contributed by atoms with Gasteiger partial charge in [0.1, 0.15) is 11.2 Å². The molecule has 64 heavy (non-hydrogen) atoms. The van der Waals surface area contributed by atoms with Crippen LogP contribution < -0.4 is 0 Å². The Labute approximate surface area is 367 Å². The molecule has 0 saturated heterocycles. The van der Waals surface area contributed by atoms with Gasteiger partial charge in [0.15, 0.2) is 0 Å². The zero-order valence-corrected chi connectivity index (χ0v) is 34.6. The molecule has 14 rings (SSSR count). The molecule has 0 bridgehead atoms. The van der Waals surface area contributed by atoms with Gasteiger partial charge in [0, 0.05) is 48.7 Å². The summed E-state index contributed by atoms with van der Waals surface area (Å²) in [7, 11) is 0. The van der Waals surface area contributed by atoms with Crippen molar-refractivity contribution in [3.8, 4) is 39.3 Å². The van der Waals surface area contributed by atoms with E-state index in [0.717, 1.165) is 94.4 Å². The topological polar surface area (TPSA) is 27.9 Å². The van der Waals surface area contributed by atoms with Crippen LogP contribution in [0.2, 0.25) is 0 Å². The Morgan fingerprint density at radius 3 is 1.08 bits per heavy atom. The van der Waals surface area contributed by atoms with Crippen LogP contribution >= 0.6 is 0 Å². The van der Waals surface area contributed by atoms with Crippen molar-refractivity contribution in [1.82, 2.24) is 13.7 Å². The zero-order chi connectivity index (χ0) is 41.9. The molecule has 0 aliphatic heterocycles. The first-order valence-electron chi connectivity index (χ1n) is 21.9. The average molecular weight is 816 g/mol. The smallest absolute Gasteiger partial charge is 0.143 e. The molecule has 0 saturated carbocycles. The molecular formula is C60H37N3O. The lowest BCUT2D eigenvalue weighted by Gasteiger charge is -2.24. The molecule has 0 amide bonds. The number of para-hydroxylation sites is 8. The Bertz CT molecular complexity index is 3900. The molecule has 4 heteroatoms. The largest absolute Gasteiger partial charge is 0.455 e. The second-order valence-corrected chi connectivity index (χ2v) is 16.8. The molecule has 0 aliphatic carbocycles. The van der Waals surface area contributed by atoms with Gasteiger partial charge in [0.2, 0.25) is 0 Å². The number of hydrogen-bond acceptors (Lipinski definition) is 1. The third-order valence-corrected chi connectivity index (χ3v) is 13.4. The summed E-state index contributed by atoms with van der Waals surface area (Å²) < 4.78 is 14.0. The van der Waals surface area contributed by atoms with Gasteiger partial charge in [-0.2, -0.15) is 0 Å². The molecule has 14 aromatic rings. The third-order valence-electron chi connectivity index (χ3n) is 13.4. The van der Waals surface area contributed by atoms with Crippen molar-refractivity contribution in [2.45, 2.75) is 0 Å². The molecule has 0 radical (unpaired) electrons. The second kappa shape index (κ2) is 13.4. The Kier molecular flexibility index (Phi) is 7.36. The van der Waals surface area contributed by atoms with Gasteiger partial charge < -0.3 is 18.1 Å². The first-order chi connectivity index (χ1) is 31.8. The van der Waals surface area contributed by atoms with Crippen LogP contribution in [0.15, 0.2) is 229 Å². The normalized spacial score (nSPS) is 12.1. The number of rotatable bonds is 5. The first kappa shape index (κ1) is 35.0. The number of hydrogen-bond donors (Lipinski definition) is 0. The van der Waals surface area contributed by atoms with Crippen molar-refractivity contribution in [3.05, 3.63) is 224 Å². The summed E-state index contributed by atoms with van der Waals surface area (Å²) in [6.45, 7) is 0.